The molecule has 4 heteroatoms. The highest BCUT2D eigenvalue weighted by Gasteiger charge is 2.40. The van der Waals surface area contributed by atoms with Crippen LogP contribution in [0.25, 0.3) is 0 Å². The maximum Gasteiger partial charge on any atom is 0.193 e. The van der Waals surface area contributed by atoms with Gasteiger partial charge in [-0.15, -0.1) is 0 Å². The summed E-state index contributed by atoms with van der Waals surface area (Å²) in [4.78, 5) is 12.3. The van der Waals surface area contributed by atoms with Crippen LogP contribution in [0.3, 0.4) is 0 Å². The smallest absolute Gasteiger partial charge is 0.193 e. The van der Waals surface area contributed by atoms with Crippen molar-refractivity contribution < 1.29 is 14.3 Å². The van der Waals surface area contributed by atoms with Crippen LogP contribution >= 0.6 is 0 Å². The molecular formula is C15H24O3Si. The molecule has 0 saturated heterocycles. The molecule has 1 atom stereocenters. The molecule has 0 heterocycles. The number of Topliss-reactive ketones (excluding diaryl/α,β-unsaturated/α-hetero) is 1. The molecular weight excluding hydrogens is 256 g/mol. The number of carbonyl (C=O) groups excluding carboxylic acids is 1. The first-order chi connectivity index (χ1) is 8.69. The molecule has 106 valence electrons. The van der Waals surface area contributed by atoms with E-state index in [9.17, 15) is 9.90 Å². The van der Waals surface area contributed by atoms with Crippen molar-refractivity contribution >= 4 is 14.1 Å². The molecule has 0 fully saturated rings. The molecule has 0 aliphatic carbocycles. The van der Waals surface area contributed by atoms with Crippen LogP contribution in [-0.4, -0.2) is 31.9 Å². The predicted octanol–water partition coefficient (Wildman–Crippen LogP) is 3.25. The molecule has 1 rings (SSSR count). The normalized spacial score (nSPS) is 14.2. The van der Waals surface area contributed by atoms with Crippen molar-refractivity contribution in [1.29, 1.82) is 0 Å². The van der Waals surface area contributed by atoms with E-state index in [1.807, 2.05) is 18.2 Å². The zero-order valence-electron chi connectivity index (χ0n) is 12.4. The lowest BCUT2D eigenvalue weighted by molar-refractivity contribution is 0.0620. The minimum Gasteiger partial charge on any atom is -0.404 e. The summed E-state index contributed by atoms with van der Waals surface area (Å²) in [6.45, 7) is 10.2. The summed E-state index contributed by atoms with van der Waals surface area (Å²) in [5.74, 6) is -0.145. The van der Waals surface area contributed by atoms with Crippen LogP contribution in [0.2, 0.25) is 18.1 Å². The summed E-state index contributed by atoms with van der Waals surface area (Å²) in [6.07, 6.45) is -0.761. The van der Waals surface area contributed by atoms with Crippen LogP contribution < -0.4 is 0 Å². The van der Waals surface area contributed by atoms with Crippen LogP contribution in [0.1, 0.15) is 31.1 Å². The molecule has 19 heavy (non-hydrogen) atoms. The second-order valence-corrected chi connectivity index (χ2v) is 11.0. The van der Waals surface area contributed by atoms with E-state index in [0.717, 1.165) is 0 Å². The standard InChI is InChI=1S/C15H24O3Si/c1-15(2,3)19(4,5)18-13(11-16)14(17)12-9-7-6-8-10-12/h6-10,13,16H,11H2,1-5H3/t13-/m0/s1. The second kappa shape index (κ2) is 5.99. The first-order valence-electron chi connectivity index (χ1n) is 6.57. The zero-order chi connectivity index (χ0) is 14.7. The summed E-state index contributed by atoms with van der Waals surface area (Å²) >= 11 is 0. The van der Waals surface area contributed by atoms with Gasteiger partial charge in [0.25, 0.3) is 0 Å². The van der Waals surface area contributed by atoms with Crippen molar-refractivity contribution in [2.24, 2.45) is 0 Å². The lowest BCUT2D eigenvalue weighted by Gasteiger charge is -2.38. The number of carbonyl (C=O) groups is 1. The van der Waals surface area contributed by atoms with Crippen molar-refractivity contribution in [3.8, 4) is 0 Å². The third-order valence-corrected chi connectivity index (χ3v) is 8.25. The molecule has 3 nitrogen and oxygen atoms in total. The lowest BCUT2D eigenvalue weighted by Crippen LogP contribution is -2.47. The Bertz CT molecular complexity index is 421. The first-order valence-corrected chi connectivity index (χ1v) is 9.48. The molecule has 0 aromatic heterocycles. The van der Waals surface area contributed by atoms with Gasteiger partial charge in [-0.1, -0.05) is 51.1 Å². The first kappa shape index (κ1) is 16.1. The minimum absolute atomic E-state index is 0.0113. The quantitative estimate of drug-likeness (QED) is 0.665. The van der Waals surface area contributed by atoms with Gasteiger partial charge in [0, 0.05) is 5.56 Å². The monoisotopic (exact) mass is 280 g/mol. The molecule has 0 aliphatic rings. The van der Waals surface area contributed by atoms with Gasteiger partial charge in [-0.05, 0) is 18.1 Å². The molecule has 1 aromatic rings. The fourth-order valence-corrected chi connectivity index (χ4v) is 2.74. The van der Waals surface area contributed by atoms with Crippen LogP contribution in [0.4, 0.5) is 0 Å². The van der Waals surface area contributed by atoms with E-state index < -0.39 is 14.4 Å². The Balaban J connectivity index is 2.88. The highest BCUT2D eigenvalue weighted by molar-refractivity contribution is 6.74. The van der Waals surface area contributed by atoms with Gasteiger partial charge >= 0.3 is 0 Å². The molecule has 0 aliphatic heterocycles. The van der Waals surface area contributed by atoms with E-state index in [4.69, 9.17) is 4.43 Å². The Labute approximate surface area is 116 Å². The van der Waals surface area contributed by atoms with Crippen LogP contribution in [0.15, 0.2) is 30.3 Å². The predicted molar refractivity (Wildman–Crippen MR) is 79.9 cm³/mol. The van der Waals surface area contributed by atoms with Gasteiger partial charge < -0.3 is 9.53 Å². The van der Waals surface area contributed by atoms with Gasteiger partial charge in [-0.25, -0.2) is 0 Å². The third-order valence-electron chi connectivity index (χ3n) is 3.76. The average Bonchev–Trinajstić information content (AvgIpc) is 2.35. The second-order valence-electron chi connectivity index (χ2n) is 6.28. The number of hydrogen-bond acceptors (Lipinski definition) is 3. The highest BCUT2D eigenvalue weighted by atomic mass is 28.4. The number of benzene rings is 1. The fraction of sp³-hybridized carbons (Fsp3) is 0.533. The van der Waals surface area contributed by atoms with Crippen LogP contribution in [0.5, 0.6) is 0 Å². The summed E-state index contributed by atoms with van der Waals surface area (Å²) in [6, 6.07) is 8.99. The van der Waals surface area contributed by atoms with Crippen molar-refractivity contribution in [1.82, 2.24) is 0 Å². The number of rotatable bonds is 5. The molecule has 1 aromatic carbocycles. The topological polar surface area (TPSA) is 46.5 Å². The van der Waals surface area contributed by atoms with Gasteiger partial charge in [0.05, 0.1) is 6.61 Å². The minimum atomic E-state index is -2.07. The third kappa shape index (κ3) is 3.99. The van der Waals surface area contributed by atoms with Gasteiger partial charge in [-0.2, -0.15) is 0 Å². The Morgan fingerprint density at radius 3 is 2.21 bits per heavy atom. The van der Waals surface area contributed by atoms with E-state index in [1.165, 1.54) is 0 Å². The van der Waals surface area contributed by atoms with Gasteiger partial charge in [0.1, 0.15) is 6.10 Å². The van der Waals surface area contributed by atoms with Crippen molar-refractivity contribution in [3.05, 3.63) is 35.9 Å². The van der Waals surface area contributed by atoms with E-state index in [0.29, 0.717) is 5.56 Å². The molecule has 1 N–H and O–H groups in total. The Kier molecular flexibility index (Phi) is 5.07. The molecule has 0 saturated carbocycles. The molecule has 0 unspecified atom stereocenters. The Hall–Kier alpha value is -0.973. The summed E-state index contributed by atoms with van der Waals surface area (Å²) < 4.78 is 6.01. The molecule has 0 amide bonds. The van der Waals surface area contributed by atoms with E-state index >= 15 is 0 Å². The SMILES string of the molecule is CC(C)(C)[Si](C)(C)O[C@@H](CO)C(=O)c1ccccc1. The van der Waals surface area contributed by atoms with E-state index in [-0.39, 0.29) is 17.4 Å². The van der Waals surface area contributed by atoms with E-state index in [1.54, 1.807) is 12.1 Å². The van der Waals surface area contributed by atoms with Crippen LogP contribution in [-0.2, 0) is 4.43 Å². The Morgan fingerprint density at radius 1 is 1.26 bits per heavy atom. The van der Waals surface area contributed by atoms with Gasteiger partial charge in [0.2, 0.25) is 0 Å². The fourth-order valence-electron chi connectivity index (χ4n) is 1.49. The maximum absolute atomic E-state index is 12.3. The zero-order valence-corrected chi connectivity index (χ0v) is 13.4. The van der Waals surface area contributed by atoms with Crippen molar-refractivity contribution in [3.63, 3.8) is 0 Å². The van der Waals surface area contributed by atoms with E-state index in [2.05, 4.69) is 33.9 Å². The molecule has 0 radical (unpaired) electrons. The van der Waals surface area contributed by atoms with Gasteiger partial charge in [0.15, 0.2) is 14.1 Å². The number of hydrogen-bond donors (Lipinski definition) is 1. The highest BCUT2D eigenvalue weighted by Crippen LogP contribution is 2.37. The summed E-state index contributed by atoms with van der Waals surface area (Å²) in [7, 11) is -2.07. The van der Waals surface area contributed by atoms with Crippen LogP contribution in [0, 0.1) is 0 Å². The summed E-state index contributed by atoms with van der Waals surface area (Å²) in [5, 5.41) is 9.47. The van der Waals surface area contributed by atoms with Gasteiger partial charge in [-0.3, -0.25) is 4.79 Å². The van der Waals surface area contributed by atoms with Crippen molar-refractivity contribution in [2.45, 2.75) is 45.0 Å². The molecule has 0 spiro atoms. The Morgan fingerprint density at radius 2 is 1.79 bits per heavy atom. The lowest BCUT2D eigenvalue weighted by atomic mass is 10.1. The molecule has 0 bridgehead atoms. The number of ketones is 1. The largest absolute Gasteiger partial charge is 0.404 e. The maximum atomic E-state index is 12.3. The number of aliphatic hydroxyl groups excluding tert-OH is 1. The number of aliphatic hydroxyl groups is 1. The van der Waals surface area contributed by atoms with Crippen molar-refractivity contribution in [2.75, 3.05) is 6.61 Å². The average molecular weight is 280 g/mol. The summed E-state index contributed by atoms with van der Waals surface area (Å²) in [5.41, 5.74) is 0.584.